The number of esters is 1. The number of fused-ring (bicyclic) bond motifs is 1. The number of ether oxygens (including phenoxy) is 1. The average Bonchev–Trinajstić information content (AvgIpc) is 3.24. The lowest BCUT2D eigenvalue weighted by atomic mass is 9.96. The van der Waals surface area contributed by atoms with Gasteiger partial charge in [0.15, 0.2) is 0 Å². The number of carbonyl (C=O) groups excluding carboxylic acids is 3. The van der Waals surface area contributed by atoms with Crippen LogP contribution in [0.2, 0.25) is 10.0 Å². The van der Waals surface area contributed by atoms with Gasteiger partial charge in [-0.1, -0.05) is 47.5 Å². The van der Waals surface area contributed by atoms with Crippen molar-refractivity contribution in [3.8, 4) is 11.1 Å². The van der Waals surface area contributed by atoms with Gasteiger partial charge in [0, 0.05) is 16.5 Å². The van der Waals surface area contributed by atoms with Crippen LogP contribution in [0.1, 0.15) is 50.4 Å². The fourth-order valence-corrected chi connectivity index (χ4v) is 5.65. The molecule has 0 spiro atoms. The average molecular weight is 529 g/mol. The summed E-state index contributed by atoms with van der Waals surface area (Å²) in [5.74, 6) is -1.17. The molecule has 1 aromatic heterocycles. The van der Waals surface area contributed by atoms with Crippen LogP contribution >= 0.6 is 34.5 Å². The lowest BCUT2D eigenvalue weighted by Gasteiger charge is -2.21. The molecule has 1 fully saturated rings. The molecule has 0 bridgehead atoms. The van der Waals surface area contributed by atoms with E-state index in [-0.39, 0.29) is 5.91 Å². The summed E-state index contributed by atoms with van der Waals surface area (Å²) >= 11 is 13.9. The summed E-state index contributed by atoms with van der Waals surface area (Å²) in [5, 5.41) is 8.43. The van der Waals surface area contributed by atoms with Gasteiger partial charge in [0.2, 0.25) is 5.91 Å². The first kappa shape index (κ1) is 23.9. The molecule has 0 atom stereocenters. The molecule has 5 rings (SSSR count). The van der Waals surface area contributed by atoms with Crippen LogP contribution < -0.4 is 10.6 Å². The van der Waals surface area contributed by atoms with E-state index in [1.807, 2.05) is 18.2 Å². The van der Waals surface area contributed by atoms with E-state index >= 15 is 0 Å². The van der Waals surface area contributed by atoms with E-state index in [2.05, 4.69) is 16.7 Å². The molecule has 0 unspecified atom stereocenters. The first-order chi connectivity index (χ1) is 16.8. The molecule has 6 nitrogen and oxygen atoms in total. The van der Waals surface area contributed by atoms with Gasteiger partial charge in [0.05, 0.1) is 33.3 Å². The van der Waals surface area contributed by atoms with Gasteiger partial charge < -0.3 is 15.4 Å². The number of aryl methyl sites for hydroxylation is 1. The van der Waals surface area contributed by atoms with Gasteiger partial charge in [-0.3, -0.25) is 9.59 Å². The summed E-state index contributed by atoms with van der Waals surface area (Å²) in [5.41, 5.74) is 3.86. The van der Waals surface area contributed by atoms with E-state index in [1.54, 1.807) is 11.4 Å². The third kappa shape index (κ3) is 4.44. The minimum atomic E-state index is -0.997. The number of carbonyl (C=O) groups is 3. The molecular weight excluding hydrogens is 507 g/mol. The molecule has 3 aromatic rings. The van der Waals surface area contributed by atoms with Crippen LogP contribution in [-0.2, 0) is 22.4 Å². The Morgan fingerprint density at radius 3 is 2.60 bits per heavy atom. The minimum absolute atomic E-state index is 0.268. The van der Waals surface area contributed by atoms with E-state index in [4.69, 9.17) is 27.9 Å². The Bertz CT molecular complexity index is 1360. The summed E-state index contributed by atoms with van der Waals surface area (Å²) in [6.45, 7) is 0. The standard InChI is InChI=1S/C26H22Cl2N2O4S/c1-34-24(32)15-12-20(35-13-15)23(31)30-26(10-11-26)25(33)29-22-16-5-2-4-14(16)8-9-18(22)17-6-3-7-19(27)21(17)28/h3,6-9,12-13H,2,4-5,10-11H2,1H3,(H,29,33)(H,30,31). The number of thiophene rings is 1. The molecule has 0 saturated heterocycles. The molecule has 0 radical (unpaired) electrons. The minimum Gasteiger partial charge on any atom is -0.465 e. The van der Waals surface area contributed by atoms with Crippen LogP contribution in [0.25, 0.3) is 11.1 Å². The number of hydrogen-bond donors (Lipinski definition) is 2. The molecule has 180 valence electrons. The highest BCUT2D eigenvalue weighted by Gasteiger charge is 2.51. The topological polar surface area (TPSA) is 84.5 Å². The third-order valence-corrected chi connectivity index (χ3v) is 8.29. The van der Waals surface area contributed by atoms with Crippen molar-refractivity contribution in [2.75, 3.05) is 12.4 Å². The van der Waals surface area contributed by atoms with Crippen molar-refractivity contribution in [1.29, 1.82) is 0 Å². The maximum Gasteiger partial charge on any atom is 0.338 e. The highest BCUT2D eigenvalue weighted by atomic mass is 35.5. The van der Waals surface area contributed by atoms with Gasteiger partial charge in [-0.15, -0.1) is 11.3 Å². The Balaban J connectivity index is 1.42. The van der Waals surface area contributed by atoms with Gasteiger partial charge in [0.1, 0.15) is 5.54 Å². The molecule has 2 aliphatic carbocycles. The maximum atomic E-state index is 13.5. The van der Waals surface area contributed by atoms with Crippen molar-refractivity contribution in [3.63, 3.8) is 0 Å². The Morgan fingerprint density at radius 1 is 1.06 bits per heavy atom. The summed E-state index contributed by atoms with van der Waals surface area (Å²) < 4.78 is 4.70. The van der Waals surface area contributed by atoms with E-state index in [0.29, 0.717) is 33.3 Å². The fraction of sp³-hybridized carbons (Fsp3) is 0.269. The van der Waals surface area contributed by atoms with Crippen molar-refractivity contribution in [3.05, 3.63) is 73.4 Å². The van der Waals surface area contributed by atoms with Crippen LogP contribution in [0.3, 0.4) is 0 Å². The second-order valence-electron chi connectivity index (χ2n) is 8.76. The van der Waals surface area contributed by atoms with Crippen LogP contribution in [0.5, 0.6) is 0 Å². The highest BCUT2D eigenvalue weighted by Crippen LogP contribution is 2.44. The Hall–Kier alpha value is -2.87. The van der Waals surface area contributed by atoms with Gasteiger partial charge in [-0.2, -0.15) is 0 Å². The number of halogens is 2. The summed E-state index contributed by atoms with van der Waals surface area (Å²) in [6.07, 6.45) is 3.87. The monoisotopic (exact) mass is 528 g/mol. The van der Waals surface area contributed by atoms with Crippen molar-refractivity contribution >= 4 is 58.0 Å². The van der Waals surface area contributed by atoms with Gasteiger partial charge >= 0.3 is 5.97 Å². The van der Waals surface area contributed by atoms with Crippen molar-refractivity contribution < 1.29 is 19.1 Å². The fourth-order valence-electron chi connectivity index (χ4n) is 4.47. The zero-order valence-corrected chi connectivity index (χ0v) is 21.2. The zero-order chi connectivity index (χ0) is 24.7. The van der Waals surface area contributed by atoms with Gasteiger partial charge in [0.25, 0.3) is 5.91 Å². The summed E-state index contributed by atoms with van der Waals surface area (Å²) in [7, 11) is 1.29. The van der Waals surface area contributed by atoms with Crippen molar-refractivity contribution in [1.82, 2.24) is 5.32 Å². The lowest BCUT2D eigenvalue weighted by molar-refractivity contribution is -0.118. The normalized spacial score (nSPS) is 15.3. The Morgan fingerprint density at radius 2 is 1.86 bits per heavy atom. The smallest absolute Gasteiger partial charge is 0.338 e. The van der Waals surface area contributed by atoms with E-state index < -0.39 is 17.4 Å². The van der Waals surface area contributed by atoms with E-state index in [1.165, 1.54) is 18.7 Å². The second-order valence-corrected chi connectivity index (χ2v) is 10.5. The Labute approximate surface area is 216 Å². The molecule has 35 heavy (non-hydrogen) atoms. The molecule has 2 amide bonds. The molecular formula is C26H22Cl2N2O4S. The Kier molecular flexibility index (Phi) is 6.34. The van der Waals surface area contributed by atoms with Crippen LogP contribution in [0.4, 0.5) is 5.69 Å². The van der Waals surface area contributed by atoms with Crippen LogP contribution in [0.15, 0.2) is 41.8 Å². The van der Waals surface area contributed by atoms with E-state index in [9.17, 15) is 14.4 Å². The molecule has 1 heterocycles. The molecule has 0 aliphatic heterocycles. The number of rotatable bonds is 6. The third-order valence-electron chi connectivity index (χ3n) is 6.54. The molecule has 1 saturated carbocycles. The molecule has 2 N–H and O–H groups in total. The number of anilines is 1. The van der Waals surface area contributed by atoms with Gasteiger partial charge in [-0.25, -0.2) is 4.79 Å². The first-order valence-electron chi connectivity index (χ1n) is 11.2. The second kappa shape index (κ2) is 9.30. The lowest BCUT2D eigenvalue weighted by Crippen LogP contribution is -2.46. The number of benzene rings is 2. The maximum absolute atomic E-state index is 13.5. The largest absolute Gasteiger partial charge is 0.465 e. The predicted octanol–water partition coefficient (Wildman–Crippen LogP) is 5.90. The van der Waals surface area contributed by atoms with Crippen LogP contribution in [-0.4, -0.2) is 30.4 Å². The predicted molar refractivity (Wildman–Crippen MR) is 138 cm³/mol. The molecule has 2 aliphatic rings. The molecule has 2 aromatic carbocycles. The first-order valence-corrected chi connectivity index (χ1v) is 12.9. The number of amides is 2. The highest BCUT2D eigenvalue weighted by molar-refractivity contribution is 7.12. The zero-order valence-electron chi connectivity index (χ0n) is 18.9. The number of methoxy groups -OCH3 is 1. The quantitative estimate of drug-likeness (QED) is 0.390. The van der Waals surface area contributed by atoms with E-state index in [0.717, 1.165) is 53.0 Å². The van der Waals surface area contributed by atoms with Gasteiger partial charge in [-0.05, 0) is 55.4 Å². The number of hydrogen-bond acceptors (Lipinski definition) is 5. The summed E-state index contributed by atoms with van der Waals surface area (Å²) in [4.78, 5) is 38.4. The SMILES string of the molecule is COC(=O)c1csc(C(=O)NC2(C(=O)Nc3c(-c4cccc(Cl)c4Cl)ccc4c3CCC4)CC2)c1. The summed E-state index contributed by atoms with van der Waals surface area (Å²) in [6, 6.07) is 11.0. The van der Waals surface area contributed by atoms with Crippen molar-refractivity contribution in [2.24, 2.45) is 0 Å². The number of nitrogens with one attached hydrogen (secondary N) is 2. The molecule has 9 heteroatoms. The van der Waals surface area contributed by atoms with Crippen LogP contribution in [0, 0.1) is 0 Å². The van der Waals surface area contributed by atoms with Crippen molar-refractivity contribution in [2.45, 2.75) is 37.6 Å².